The molecule has 0 aliphatic rings. The molecule has 5 nitrogen and oxygen atoms in total. The first-order valence-corrected chi connectivity index (χ1v) is 7.98. The fraction of sp³-hybridized carbons (Fsp3) is 0.588. The van der Waals surface area contributed by atoms with Gasteiger partial charge in [0, 0.05) is 19.6 Å². The first kappa shape index (κ1) is 21.8. The summed E-state index contributed by atoms with van der Waals surface area (Å²) in [5.41, 5.74) is 1.25. The maximum Gasteiger partial charge on any atom is 0.191 e. The molecule has 0 amide bonds. The molecular formula is C17H30IN3O2. The zero-order valence-corrected chi connectivity index (χ0v) is 17.0. The Hall–Kier alpha value is -1.18. The third-order valence-electron chi connectivity index (χ3n) is 3.22. The van der Waals surface area contributed by atoms with Crippen molar-refractivity contribution in [1.29, 1.82) is 0 Å². The molecular weight excluding hydrogens is 405 g/mol. The van der Waals surface area contributed by atoms with Gasteiger partial charge in [-0.25, -0.2) is 0 Å². The second kappa shape index (κ2) is 13.3. The first-order chi connectivity index (χ1) is 10.7. The Balaban J connectivity index is 0.00000484. The third-order valence-corrected chi connectivity index (χ3v) is 3.22. The Morgan fingerprint density at radius 3 is 2.43 bits per heavy atom. The van der Waals surface area contributed by atoms with Gasteiger partial charge in [-0.2, -0.15) is 0 Å². The SMILES string of the molecule is CCCN=C(NCC)NCCCc1ccc(OC)c(OC)c1.I. The van der Waals surface area contributed by atoms with Crippen molar-refractivity contribution in [3.05, 3.63) is 23.8 Å². The number of aliphatic imine (C=N–C) groups is 1. The van der Waals surface area contributed by atoms with Gasteiger partial charge < -0.3 is 20.1 Å². The van der Waals surface area contributed by atoms with Crippen LogP contribution in [0.4, 0.5) is 0 Å². The number of rotatable bonds is 9. The Bertz CT molecular complexity index is 467. The van der Waals surface area contributed by atoms with Crippen LogP contribution in [-0.2, 0) is 6.42 Å². The van der Waals surface area contributed by atoms with E-state index in [4.69, 9.17) is 9.47 Å². The number of aryl methyl sites for hydroxylation is 1. The molecule has 2 N–H and O–H groups in total. The normalized spacial score (nSPS) is 10.7. The molecule has 0 saturated heterocycles. The summed E-state index contributed by atoms with van der Waals surface area (Å²) in [5.74, 6) is 2.45. The molecule has 0 atom stereocenters. The van der Waals surface area contributed by atoms with E-state index in [1.807, 2.05) is 12.1 Å². The topological polar surface area (TPSA) is 54.9 Å². The number of hydrogen-bond donors (Lipinski definition) is 2. The molecule has 0 aliphatic carbocycles. The number of benzene rings is 1. The van der Waals surface area contributed by atoms with Gasteiger partial charge in [0.1, 0.15) is 0 Å². The lowest BCUT2D eigenvalue weighted by atomic mass is 10.1. The smallest absolute Gasteiger partial charge is 0.191 e. The maximum absolute atomic E-state index is 5.33. The highest BCUT2D eigenvalue weighted by atomic mass is 127. The van der Waals surface area contributed by atoms with Gasteiger partial charge in [0.2, 0.25) is 0 Å². The monoisotopic (exact) mass is 435 g/mol. The van der Waals surface area contributed by atoms with Gasteiger partial charge in [-0.1, -0.05) is 13.0 Å². The third kappa shape index (κ3) is 8.29. The number of guanidine groups is 1. The van der Waals surface area contributed by atoms with E-state index < -0.39 is 0 Å². The average Bonchev–Trinajstić information content (AvgIpc) is 2.56. The number of ether oxygens (including phenoxy) is 2. The second-order valence-corrected chi connectivity index (χ2v) is 4.98. The van der Waals surface area contributed by atoms with E-state index >= 15 is 0 Å². The van der Waals surface area contributed by atoms with Crippen molar-refractivity contribution in [2.24, 2.45) is 4.99 Å². The minimum Gasteiger partial charge on any atom is -0.493 e. The number of hydrogen-bond acceptors (Lipinski definition) is 3. The summed E-state index contributed by atoms with van der Waals surface area (Å²) in [7, 11) is 3.31. The molecule has 0 aliphatic heterocycles. The van der Waals surface area contributed by atoms with E-state index in [-0.39, 0.29) is 24.0 Å². The van der Waals surface area contributed by atoms with Gasteiger partial charge in [-0.05, 0) is 43.9 Å². The van der Waals surface area contributed by atoms with Crippen LogP contribution in [0.5, 0.6) is 11.5 Å². The van der Waals surface area contributed by atoms with Gasteiger partial charge in [0.05, 0.1) is 14.2 Å². The van der Waals surface area contributed by atoms with E-state index in [1.54, 1.807) is 14.2 Å². The molecule has 1 rings (SSSR count). The van der Waals surface area contributed by atoms with Crippen molar-refractivity contribution < 1.29 is 9.47 Å². The molecule has 6 heteroatoms. The lowest BCUT2D eigenvalue weighted by Gasteiger charge is -2.12. The highest BCUT2D eigenvalue weighted by Gasteiger charge is 2.04. The number of nitrogens with zero attached hydrogens (tertiary/aromatic N) is 1. The van der Waals surface area contributed by atoms with Gasteiger partial charge in [0.25, 0.3) is 0 Å². The maximum atomic E-state index is 5.33. The van der Waals surface area contributed by atoms with Crippen LogP contribution in [0.15, 0.2) is 23.2 Å². The molecule has 132 valence electrons. The number of halogens is 1. The zero-order valence-electron chi connectivity index (χ0n) is 14.6. The summed E-state index contributed by atoms with van der Waals surface area (Å²) < 4.78 is 10.6. The minimum atomic E-state index is 0. The van der Waals surface area contributed by atoms with Gasteiger partial charge in [0.15, 0.2) is 17.5 Å². The summed E-state index contributed by atoms with van der Waals surface area (Å²) in [4.78, 5) is 4.48. The Morgan fingerprint density at radius 2 is 1.83 bits per heavy atom. The lowest BCUT2D eigenvalue weighted by molar-refractivity contribution is 0.354. The molecule has 23 heavy (non-hydrogen) atoms. The van der Waals surface area contributed by atoms with Crippen molar-refractivity contribution in [3.8, 4) is 11.5 Å². The van der Waals surface area contributed by atoms with Crippen LogP contribution in [0.2, 0.25) is 0 Å². The predicted octanol–water partition coefficient (Wildman–Crippen LogP) is 3.22. The predicted molar refractivity (Wildman–Crippen MR) is 108 cm³/mol. The van der Waals surface area contributed by atoms with Crippen LogP contribution in [0.3, 0.4) is 0 Å². The second-order valence-electron chi connectivity index (χ2n) is 4.98. The summed E-state index contributed by atoms with van der Waals surface area (Å²) in [6, 6.07) is 6.07. The van der Waals surface area contributed by atoms with Crippen LogP contribution >= 0.6 is 24.0 Å². The molecule has 0 fully saturated rings. The van der Waals surface area contributed by atoms with Crippen LogP contribution in [0.25, 0.3) is 0 Å². The van der Waals surface area contributed by atoms with Crippen molar-refractivity contribution in [1.82, 2.24) is 10.6 Å². The summed E-state index contributed by atoms with van der Waals surface area (Å²) in [6.45, 7) is 6.83. The number of methoxy groups -OCH3 is 2. The Kier molecular flexibility index (Phi) is 12.6. The van der Waals surface area contributed by atoms with Crippen LogP contribution in [0.1, 0.15) is 32.3 Å². The molecule has 0 saturated carbocycles. The van der Waals surface area contributed by atoms with Crippen molar-refractivity contribution in [3.63, 3.8) is 0 Å². The summed E-state index contributed by atoms with van der Waals surface area (Å²) in [5, 5.41) is 6.61. The number of nitrogens with one attached hydrogen (secondary N) is 2. The fourth-order valence-electron chi connectivity index (χ4n) is 2.10. The highest BCUT2D eigenvalue weighted by Crippen LogP contribution is 2.27. The quantitative estimate of drug-likeness (QED) is 0.271. The molecule has 0 unspecified atom stereocenters. The highest BCUT2D eigenvalue weighted by molar-refractivity contribution is 14.0. The van der Waals surface area contributed by atoms with E-state index in [9.17, 15) is 0 Å². The lowest BCUT2D eigenvalue weighted by Crippen LogP contribution is -2.38. The van der Waals surface area contributed by atoms with Crippen molar-refractivity contribution >= 4 is 29.9 Å². The molecule has 1 aromatic rings. The van der Waals surface area contributed by atoms with E-state index in [2.05, 4.69) is 35.5 Å². The summed E-state index contributed by atoms with van der Waals surface area (Å²) >= 11 is 0. The van der Waals surface area contributed by atoms with Gasteiger partial charge in [-0.3, -0.25) is 4.99 Å². The molecule has 0 heterocycles. The largest absolute Gasteiger partial charge is 0.493 e. The minimum absolute atomic E-state index is 0. The Morgan fingerprint density at radius 1 is 1.09 bits per heavy atom. The molecule has 0 radical (unpaired) electrons. The Labute approximate surface area is 157 Å². The fourth-order valence-corrected chi connectivity index (χ4v) is 2.10. The zero-order chi connectivity index (χ0) is 16.2. The first-order valence-electron chi connectivity index (χ1n) is 7.98. The standard InChI is InChI=1S/C17H29N3O2.HI/c1-5-11-19-17(18-6-2)20-12-7-8-14-9-10-15(21-3)16(13-14)22-4;/h9-10,13H,5-8,11-12H2,1-4H3,(H2,18,19,20);1H. The van der Waals surface area contributed by atoms with Crippen molar-refractivity contribution in [2.75, 3.05) is 33.9 Å². The summed E-state index contributed by atoms with van der Waals surface area (Å²) in [6.07, 6.45) is 3.08. The van der Waals surface area contributed by atoms with Gasteiger partial charge in [-0.15, -0.1) is 24.0 Å². The van der Waals surface area contributed by atoms with E-state index in [0.29, 0.717) is 0 Å². The van der Waals surface area contributed by atoms with Gasteiger partial charge >= 0.3 is 0 Å². The van der Waals surface area contributed by atoms with Crippen LogP contribution in [-0.4, -0.2) is 39.8 Å². The molecule has 0 bridgehead atoms. The molecule has 0 aromatic heterocycles. The van der Waals surface area contributed by atoms with E-state index in [0.717, 1.165) is 56.4 Å². The van der Waals surface area contributed by atoms with E-state index in [1.165, 1.54) is 5.56 Å². The average molecular weight is 435 g/mol. The van der Waals surface area contributed by atoms with Crippen LogP contribution < -0.4 is 20.1 Å². The van der Waals surface area contributed by atoms with Crippen molar-refractivity contribution in [2.45, 2.75) is 33.1 Å². The molecule has 1 aromatic carbocycles. The molecule has 0 spiro atoms. The van der Waals surface area contributed by atoms with Crippen LogP contribution in [0, 0.1) is 0 Å².